The van der Waals surface area contributed by atoms with Gasteiger partial charge in [-0.2, -0.15) is 0 Å². The molecule has 1 aromatic heterocycles. The Hall–Kier alpha value is -1.14. The normalized spacial score (nSPS) is 19.0. The molecule has 1 fully saturated rings. The van der Waals surface area contributed by atoms with Crippen LogP contribution in [-0.4, -0.2) is 34.9 Å². The van der Waals surface area contributed by atoms with E-state index in [4.69, 9.17) is 28.9 Å². The smallest absolute Gasteiger partial charge is 0.228 e. The van der Waals surface area contributed by atoms with Gasteiger partial charge in [0.05, 0.1) is 17.1 Å². The van der Waals surface area contributed by atoms with Crippen molar-refractivity contribution in [3.8, 4) is 10.6 Å². The number of thiazole rings is 1. The zero-order valence-electron chi connectivity index (χ0n) is 14.0. The summed E-state index contributed by atoms with van der Waals surface area (Å²) in [7, 11) is 0. The maximum absolute atomic E-state index is 12.6. The highest BCUT2D eigenvalue weighted by atomic mass is 35.5. The Labute approximate surface area is 161 Å². The number of hydrogen-bond donors (Lipinski definition) is 1. The van der Waals surface area contributed by atoms with E-state index in [2.05, 4.69) is 4.98 Å². The van der Waals surface area contributed by atoms with Gasteiger partial charge in [0.25, 0.3) is 0 Å². The maximum atomic E-state index is 12.6. The van der Waals surface area contributed by atoms with Crippen molar-refractivity contribution in [2.75, 3.05) is 13.1 Å². The van der Waals surface area contributed by atoms with Crippen LogP contribution in [0.4, 0.5) is 0 Å². The minimum atomic E-state index is 0.115. The molecule has 7 heteroatoms. The summed E-state index contributed by atoms with van der Waals surface area (Å²) < 4.78 is 0. The van der Waals surface area contributed by atoms with E-state index in [1.807, 2.05) is 23.3 Å². The summed E-state index contributed by atoms with van der Waals surface area (Å²) in [6.45, 7) is 3.57. The van der Waals surface area contributed by atoms with Crippen LogP contribution < -0.4 is 5.73 Å². The third kappa shape index (κ3) is 4.53. The number of carbonyl (C=O) groups is 1. The van der Waals surface area contributed by atoms with Crippen LogP contribution in [0.2, 0.25) is 10.0 Å². The van der Waals surface area contributed by atoms with Crippen LogP contribution in [0, 0.1) is 5.92 Å². The number of aromatic nitrogens is 1. The Bertz CT molecular complexity index is 763. The summed E-state index contributed by atoms with van der Waals surface area (Å²) in [5, 5.41) is 3.88. The monoisotopic (exact) mass is 397 g/mol. The summed E-state index contributed by atoms with van der Waals surface area (Å²) in [6, 6.07) is 5.46. The van der Waals surface area contributed by atoms with Crippen molar-refractivity contribution in [3.05, 3.63) is 39.3 Å². The molecule has 1 amide bonds. The SMILES string of the molecule is CC(N)C1CCCN(C(=O)Cc2csc(-c3ccc(Cl)cc3Cl)n2)C1. The zero-order valence-corrected chi connectivity index (χ0v) is 16.4. The first-order valence-corrected chi connectivity index (χ1v) is 10.0. The molecule has 2 N–H and O–H groups in total. The van der Waals surface area contributed by atoms with Gasteiger partial charge in [-0.15, -0.1) is 11.3 Å². The third-order valence-corrected chi connectivity index (χ3v) is 6.07. The van der Waals surface area contributed by atoms with Gasteiger partial charge < -0.3 is 10.6 Å². The molecule has 134 valence electrons. The summed E-state index contributed by atoms with van der Waals surface area (Å²) in [5.74, 6) is 0.501. The molecule has 25 heavy (non-hydrogen) atoms. The molecule has 2 heterocycles. The van der Waals surface area contributed by atoms with Crippen LogP contribution >= 0.6 is 34.5 Å². The quantitative estimate of drug-likeness (QED) is 0.838. The average Bonchev–Trinajstić information content (AvgIpc) is 3.03. The maximum Gasteiger partial charge on any atom is 0.228 e. The van der Waals surface area contributed by atoms with Crippen molar-refractivity contribution in [2.24, 2.45) is 11.7 Å². The first kappa shape index (κ1) is 18.6. The predicted octanol–water partition coefficient (Wildman–Crippen LogP) is 4.25. The standard InChI is InChI=1S/C18H21Cl2N3OS/c1-11(21)12-3-2-6-23(9-12)17(24)8-14-10-25-18(22-14)15-5-4-13(19)7-16(15)20/h4-5,7,10-12H,2-3,6,8-9,21H2,1H3. The number of nitrogens with two attached hydrogens (primary N) is 1. The molecule has 1 aliphatic heterocycles. The number of hydrogen-bond acceptors (Lipinski definition) is 4. The van der Waals surface area contributed by atoms with Gasteiger partial charge in [-0.05, 0) is 43.9 Å². The second-order valence-corrected chi connectivity index (χ2v) is 8.25. The van der Waals surface area contributed by atoms with E-state index >= 15 is 0 Å². The van der Waals surface area contributed by atoms with Crippen LogP contribution in [0.25, 0.3) is 10.6 Å². The van der Waals surface area contributed by atoms with Gasteiger partial charge in [-0.25, -0.2) is 4.98 Å². The lowest BCUT2D eigenvalue weighted by molar-refractivity contribution is -0.132. The fraction of sp³-hybridized carbons (Fsp3) is 0.444. The van der Waals surface area contributed by atoms with Gasteiger partial charge in [0.2, 0.25) is 5.91 Å². The number of likely N-dealkylation sites (tertiary alicyclic amines) is 1. The predicted molar refractivity (Wildman–Crippen MR) is 104 cm³/mol. The molecule has 0 radical (unpaired) electrons. The molecule has 2 atom stereocenters. The van der Waals surface area contributed by atoms with Crippen molar-refractivity contribution >= 4 is 40.4 Å². The molecule has 1 aliphatic rings. The lowest BCUT2D eigenvalue weighted by Gasteiger charge is -2.34. The molecule has 1 aromatic carbocycles. The van der Waals surface area contributed by atoms with Crippen molar-refractivity contribution in [3.63, 3.8) is 0 Å². The molecule has 0 bridgehead atoms. The van der Waals surface area contributed by atoms with E-state index in [1.165, 1.54) is 11.3 Å². The lowest BCUT2D eigenvalue weighted by Crippen LogP contribution is -2.45. The Kier molecular flexibility index (Phi) is 6.00. The number of halogens is 2. The van der Waals surface area contributed by atoms with Crippen LogP contribution in [-0.2, 0) is 11.2 Å². The first-order valence-electron chi connectivity index (χ1n) is 8.37. The Morgan fingerprint density at radius 3 is 3.00 bits per heavy atom. The molecule has 0 saturated carbocycles. The molecular weight excluding hydrogens is 377 g/mol. The van der Waals surface area contributed by atoms with E-state index < -0.39 is 0 Å². The molecular formula is C18H21Cl2N3OS. The molecule has 1 saturated heterocycles. The van der Waals surface area contributed by atoms with Crippen LogP contribution in [0.5, 0.6) is 0 Å². The number of carbonyl (C=O) groups excluding carboxylic acids is 1. The molecule has 0 aliphatic carbocycles. The minimum Gasteiger partial charge on any atom is -0.342 e. The first-order chi connectivity index (χ1) is 11.9. The van der Waals surface area contributed by atoms with E-state index in [9.17, 15) is 4.79 Å². The molecule has 2 unspecified atom stereocenters. The number of piperidine rings is 1. The lowest BCUT2D eigenvalue weighted by atomic mass is 9.92. The van der Waals surface area contributed by atoms with Crippen LogP contribution in [0.15, 0.2) is 23.6 Å². The van der Waals surface area contributed by atoms with Gasteiger partial charge >= 0.3 is 0 Å². The van der Waals surface area contributed by atoms with Crippen LogP contribution in [0.1, 0.15) is 25.5 Å². The zero-order chi connectivity index (χ0) is 18.0. The minimum absolute atomic E-state index is 0.115. The Morgan fingerprint density at radius 2 is 2.28 bits per heavy atom. The van der Waals surface area contributed by atoms with Crippen molar-refractivity contribution in [2.45, 2.75) is 32.2 Å². The second-order valence-electron chi connectivity index (χ2n) is 6.55. The highest BCUT2D eigenvalue weighted by molar-refractivity contribution is 7.13. The van der Waals surface area contributed by atoms with Crippen molar-refractivity contribution in [1.82, 2.24) is 9.88 Å². The highest BCUT2D eigenvalue weighted by Gasteiger charge is 2.26. The van der Waals surface area contributed by atoms with Crippen molar-refractivity contribution in [1.29, 1.82) is 0 Å². The fourth-order valence-corrected chi connectivity index (χ4v) is 4.52. The number of nitrogens with zero attached hydrogens (tertiary/aromatic N) is 2. The Balaban J connectivity index is 1.67. The van der Waals surface area contributed by atoms with E-state index in [0.29, 0.717) is 22.4 Å². The van der Waals surface area contributed by atoms with Crippen LogP contribution in [0.3, 0.4) is 0 Å². The molecule has 2 aromatic rings. The fourth-order valence-electron chi connectivity index (χ4n) is 3.11. The van der Waals surface area contributed by atoms with E-state index in [0.717, 1.165) is 42.2 Å². The van der Waals surface area contributed by atoms with Gasteiger partial charge in [0, 0.05) is 35.1 Å². The average molecular weight is 398 g/mol. The molecule has 3 rings (SSSR count). The molecule has 4 nitrogen and oxygen atoms in total. The van der Waals surface area contributed by atoms with Gasteiger partial charge in [-0.1, -0.05) is 23.2 Å². The number of amides is 1. The van der Waals surface area contributed by atoms with E-state index in [1.54, 1.807) is 12.1 Å². The highest BCUT2D eigenvalue weighted by Crippen LogP contribution is 2.32. The van der Waals surface area contributed by atoms with Gasteiger partial charge in [0.1, 0.15) is 5.01 Å². The summed E-state index contributed by atoms with van der Waals surface area (Å²) in [4.78, 5) is 19.1. The topological polar surface area (TPSA) is 59.2 Å². The van der Waals surface area contributed by atoms with E-state index in [-0.39, 0.29) is 11.9 Å². The number of rotatable bonds is 4. The summed E-state index contributed by atoms with van der Waals surface area (Å²) in [6.07, 6.45) is 2.42. The number of benzene rings is 1. The summed E-state index contributed by atoms with van der Waals surface area (Å²) in [5.41, 5.74) is 7.62. The van der Waals surface area contributed by atoms with Gasteiger partial charge in [-0.3, -0.25) is 4.79 Å². The molecule has 0 spiro atoms. The third-order valence-electron chi connectivity index (χ3n) is 4.60. The largest absolute Gasteiger partial charge is 0.342 e. The Morgan fingerprint density at radius 1 is 1.48 bits per heavy atom. The van der Waals surface area contributed by atoms with Crippen molar-refractivity contribution < 1.29 is 4.79 Å². The summed E-state index contributed by atoms with van der Waals surface area (Å²) >= 11 is 13.7. The second kappa shape index (κ2) is 8.04. The van der Waals surface area contributed by atoms with Gasteiger partial charge in [0.15, 0.2) is 0 Å².